The number of carbonyl (C=O) groups excluding carboxylic acids is 1. The maximum Gasteiger partial charge on any atom is 0.244 e. The van der Waals surface area contributed by atoms with Gasteiger partial charge in [-0.05, 0) is 41.5 Å². The zero-order valence-electron chi connectivity index (χ0n) is 13.8. The third-order valence-corrected chi connectivity index (χ3v) is 4.17. The van der Waals surface area contributed by atoms with Crippen LogP contribution in [0.4, 0.5) is 11.6 Å². The highest BCUT2D eigenvalue weighted by Gasteiger charge is 2.05. The largest absolute Gasteiger partial charge is 0.382 e. The molecule has 0 unspecified atom stereocenters. The summed E-state index contributed by atoms with van der Waals surface area (Å²) in [6.07, 6.45) is 3.22. The molecular formula is C18H17N7O. The Morgan fingerprint density at radius 3 is 2.38 bits per heavy atom. The van der Waals surface area contributed by atoms with E-state index in [0.29, 0.717) is 18.2 Å². The molecule has 8 nitrogen and oxygen atoms in total. The number of aromatic nitrogens is 4. The second-order valence-corrected chi connectivity index (χ2v) is 5.95. The predicted octanol–water partition coefficient (Wildman–Crippen LogP) is 1.93. The van der Waals surface area contributed by atoms with Crippen LogP contribution >= 0.6 is 0 Å². The van der Waals surface area contributed by atoms with Gasteiger partial charge in [0.2, 0.25) is 5.91 Å². The monoisotopic (exact) mass is 347 g/mol. The van der Waals surface area contributed by atoms with Gasteiger partial charge in [-0.25, -0.2) is 0 Å². The maximum absolute atomic E-state index is 12.1. The van der Waals surface area contributed by atoms with Crippen molar-refractivity contribution in [3.8, 4) is 0 Å². The van der Waals surface area contributed by atoms with E-state index in [-0.39, 0.29) is 5.91 Å². The highest BCUT2D eigenvalue weighted by Crippen LogP contribution is 2.20. The van der Waals surface area contributed by atoms with E-state index in [4.69, 9.17) is 11.5 Å². The number of carbonyl (C=O) groups is 1. The van der Waals surface area contributed by atoms with Crippen LogP contribution in [0.25, 0.3) is 27.9 Å². The topological polar surface area (TPSA) is 138 Å². The average molecular weight is 347 g/mol. The molecule has 0 spiro atoms. The number of nitrogens with one attached hydrogen (secondary N) is 3. The molecule has 0 radical (unpaired) electrons. The number of aromatic amines is 2. The van der Waals surface area contributed by atoms with Gasteiger partial charge < -0.3 is 16.8 Å². The first kappa shape index (κ1) is 15.7. The van der Waals surface area contributed by atoms with Gasteiger partial charge in [0.25, 0.3) is 0 Å². The highest BCUT2D eigenvalue weighted by atomic mass is 16.1. The molecular weight excluding hydrogens is 330 g/mol. The standard InChI is InChI=1S/C18H17N7O/c19-17-12-7-10(1-4-14(12)22-24-17)3-6-16(26)21-9-11-2-5-15-13(8-11)18(20)25-23-15/h1-8H,9H2,(H,21,26)(H3,19,22,24)(H3,20,23,25)/b6-3+. The van der Waals surface area contributed by atoms with Crippen LogP contribution in [0.2, 0.25) is 0 Å². The molecule has 7 N–H and O–H groups in total. The molecule has 0 aliphatic carbocycles. The fourth-order valence-corrected chi connectivity index (χ4v) is 2.77. The van der Waals surface area contributed by atoms with Crippen LogP contribution in [0.15, 0.2) is 42.5 Å². The van der Waals surface area contributed by atoms with E-state index < -0.39 is 0 Å². The minimum atomic E-state index is -0.189. The van der Waals surface area contributed by atoms with Gasteiger partial charge in [-0.2, -0.15) is 10.2 Å². The summed E-state index contributed by atoms with van der Waals surface area (Å²) >= 11 is 0. The summed E-state index contributed by atoms with van der Waals surface area (Å²) in [6.45, 7) is 0.400. The van der Waals surface area contributed by atoms with Crippen LogP contribution < -0.4 is 16.8 Å². The molecule has 0 bridgehead atoms. The Morgan fingerprint density at radius 1 is 1.00 bits per heavy atom. The van der Waals surface area contributed by atoms with E-state index in [2.05, 4.69) is 25.7 Å². The first-order valence-electron chi connectivity index (χ1n) is 8.02. The number of fused-ring (bicyclic) bond motifs is 2. The smallest absolute Gasteiger partial charge is 0.244 e. The van der Waals surface area contributed by atoms with Gasteiger partial charge in [0.15, 0.2) is 11.6 Å². The lowest BCUT2D eigenvalue weighted by Gasteiger charge is -2.03. The summed E-state index contributed by atoms with van der Waals surface area (Å²) in [5.41, 5.74) is 15.1. The van der Waals surface area contributed by atoms with Crippen LogP contribution in [0.5, 0.6) is 0 Å². The van der Waals surface area contributed by atoms with Crippen molar-refractivity contribution in [1.29, 1.82) is 0 Å². The first-order chi connectivity index (χ1) is 12.6. The third kappa shape index (κ3) is 2.95. The lowest BCUT2D eigenvalue weighted by molar-refractivity contribution is -0.116. The van der Waals surface area contributed by atoms with E-state index in [0.717, 1.165) is 32.9 Å². The number of amides is 1. The molecule has 0 aliphatic heterocycles. The molecule has 4 rings (SSSR count). The number of hydrogen-bond donors (Lipinski definition) is 5. The Balaban J connectivity index is 1.42. The normalized spacial score (nSPS) is 11.5. The van der Waals surface area contributed by atoms with Crippen LogP contribution in [0.3, 0.4) is 0 Å². The van der Waals surface area contributed by atoms with Crippen LogP contribution in [-0.2, 0) is 11.3 Å². The Hall–Kier alpha value is -3.81. The highest BCUT2D eigenvalue weighted by molar-refractivity contribution is 5.94. The lowest BCUT2D eigenvalue weighted by atomic mass is 10.1. The summed E-state index contributed by atoms with van der Waals surface area (Å²) in [4.78, 5) is 12.1. The number of nitrogen functional groups attached to an aromatic ring is 2. The Morgan fingerprint density at radius 2 is 1.65 bits per heavy atom. The molecule has 0 aliphatic rings. The van der Waals surface area contributed by atoms with Crippen molar-refractivity contribution < 1.29 is 4.79 Å². The number of nitrogens with zero attached hydrogens (tertiary/aromatic N) is 2. The second-order valence-electron chi connectivity index (χ2n) is 5.95. The molecule has 0 saturated carbocycles. The van der Waals surface area contributed by atoms with Crippen molar-refractivity contribution in [1.82, 2.24) is 25.7 Å². The molecule has 2 aromatic carbocycles. The Kier molecular flexibility index (Phi) is 3.77. The number of nitrogens with two attached hydrogens (primary N) is 2. The van der Waals surface area contributed by atoms with Gasteiger partial charge in [0.1, 0.15) is 0 Å². The zero-order chi connectivity index (χ0) is 18.1. The molecule has 4 aromatic rings. The maximum atomic E-state index is 12.1. The summed E-state index contributed by atoms with van der Waals surface area (Å²) in [5.74, 6) is 0.695. The van der Waals surface area contributed by atoms with Gasteiger partial charge in [0.05, 0.1) is 11.0 Å². The number of H-pyrrole nitrogens is 2. The van der Waals surface area contributed by atoms with E-state index in [9.17, 15) is 4.79 Å². The van der Waals surface area contributed by atoms with Crippen molar-refractivity contribution in [3.05, 3.63) is 53.6 Å². The summed E-state index contributed by atoms with van der Waals surface area (Å²) in [6, 6.07) is 11.4. The summed E-state index contributed by atoms with van der Waals surface area (Å²) in [7, 11) is 0. The molecule has 130 valence electrons. The number of benzene rings is 2. The predicted molar refractivity (Wildman–Crippen MR) is 102 cm³/mol. The van der Waals surface area contributed by atoms with Crippen molar-refractivity contribution in [2.75, 3.05) is 11.5 Å². The number of anilines is 2. The fraction of sp³-hybridized carbons (Fsp3) is 0.0556. The van der Waals surface area contributed by atoms with Gasteiger partial charge >= 0.3 is 0 Å². The van der Waals surface area contributed by atoms with E-state index in [1.165, 1.54) is 6.08 Å². The molecule has 1 amide bonds. The summed E-state index contributed by atoms with van der Waals surface area (Å²) in [5, 5.41) is 18.1. The Labute approximate surface area is 148 Å². The third-order valence-electron chi connectivity index (χ3n) is 4.17. The molecule has 2 aromatic heterocycles. The molecule has 0 saturated heterocycles. The summed E-state index contributed by atoms with van der Waals surface area (Å²) < 4.78 is 0. The van der Waals surface area contributed by atoms with Crippen molar-refractivity contribution in [3.63, 3.8) is 0 Å². The van der Waals surface area contributed by atoms with Gasteiger partial charge in [-0.1, -0.05) is 12.1 Å². The van der Waals surface area contributed by atoms with E-state index >= 15 is 0 Å². The van der Waals surface area contributed by atoms with Crippen LogP contribution in [-0.4, -0.2) is 26.3 Å². The lowest BCUT2D eigenvalue weighted by Crippen LogP contribution is -2.20. The molecule has 8 heteroatoms. The average Bonchev–Trinajstić information content (AvgIpc) is 3.21. The second kappa shape index (κ2) is 6.25. The molecule has 0 fully saturated rings. The number of hydrogen-bond acceptors (Lipinski definition) is 5. The van der Waals surface area contributed by atoms with Crippen molar-refractivity contribution in [2.45, 2.75) is 6.54 Å². The zero-order valence-corrected chi connectivity index (χ0v) is 13.8. The minimum Gasteiger partial charge on any atom is -0.382 e. The Bertz CT molecular complexity index is 1140. The van der Waals surface area contributed by atoms with Gasteiger partial charge in [-0.15, -0.1) is 0 Å². The molecule has 0 atom stereocenters. The SMILES string of the molecule is Nc1n[nH]c2ccc(/C=C/C(=O)NCc3ccc4[nH]nc(N)c4c3)cc12. The van der Waals surface area contributed by atoms with Crippen molar-refractivity contribution in [2.24, 2.45) is 0 Å². The minimum absolute atomic E-state index is 0.189. The number of rotatable bonds is 4. The molecule has 26 heavy (non-hydrogen) atoms. The van der Waals surface area contributed by atoms with E-state index in [1.54, 1.807) is 6.08 Å². The van der Waals surface area contributed by atoms with Crippen LogP contribution in [0.1, 0.15) is 11.1 Å². The van der Waals surface area contributed by atoms with Gasteiger partial charge in [0, 0.05) is 23.4 Å². The van der Waals surface area contributed by atoms with Crippen molar-refractivity contribution >= 4 is 45.4 Å². The fourth-order valence-electron chi connectivity index (χ4n) is 2.77. The quantitative estimate of drug-likeness (QED) is 0.359. The van der Waals surface area contributed by atoms with Gasteiger partial charge in [-0.3, -0.25) is 15.0 Å². The van der Waals surface area contributed by atoms with Crippen LogP contribution in [0, 0.1) is 0 Å². The first-order valence-corrected chi connectivity index (χ1v) is 8.02. The molecule has 2 heterocycles. The van der Waals surface area contributed by atoms with E-state index in [1.807, 2.05) is 36.4 Å².